The van der Waals surface area contributed by atoms with E-state index >= 15 is 0 Å². The molecule has 0 aliphatic heterocycles. The molecule has 0 saturated carbocycles. The van der Waals surface area contributed by atoms with E-state index in [0.717, 1.165) is 5.56 Å². The fourth-order valence-electron chi connectivity index (χ4n) is 2.00. The van der Waals surface area contributed by atoms with Crippen molar-refractivity contribution >= 4 is 29.3 Å². The molecule has 126 valence electrons. The molecule has 0 atom stereocenters. The number of rotatable bonds is 5. The lowest BCUT2D eigenvalue weighted by Gasteiger charge is -2.13. The maximum atomic E-state index is 12.3. The van der Waals surface area contributed by atoms with Crippen LogP contribution in [0.4, 0.5) is 10.5 Å². The van der Waals surface area contributed by atoms with Crippen LogP contribution in [-0.2, 0) is 11.3 Å². The summed E-state index contributed by atoms with van der Waals surface area (Å²) in [6, 6.07) is 13.4. The van der Waals surface area contributed by atoms with E-state index in [1.165, 1.54) is 0 Å². The highest BCUT2D eigenvalue weighted by Gasteiger charge is 2.14. The molecule has 24 heavy (non-hydrogen) atoms. The molecular formula is C18H19ClN2O3. The van der Waals surface area contributed by atoms with Crippen LogP contribution in [0.15, 0.2) is 48.5 Å². The largest absolute Gasteiger partial charge is 0.457 e. The highest BCUT2D eigenvalue weighted by molar-refractivity contribution is 6.30. The number of benzene rings is 2. The Balaban J connectivity index is 2.03. The molecule has 0 fully saturated rings. The Hall–Kier alpha value is -2.53. The number of nitrogens with one attached hydrogen (secondary N) is 2. The van der Waals surface area contributed by atoms with E-state index in [-0.39, 0.29) is 18.7 Å². The van der Waals surface area contributed by atoms with Crippen molar-refractivity contribution < 1.29 is 14.3 Å². The summed E-state index contributed by atoms with van der Waals surface area (Å²) >= 11 is 5.82. The first kappa shape index (κ1) is 17.8. The van der Waals surface area contributed by atoms with Crippen LogP contribution in [0.3, 0.4) is 0 Å². The molecule has 0 aliphatic carbocycles. The predicted molar refractivity (Wildman–Crippen MR) is 94.3 cm³/mol. The maximum absolute atomic E-state index is 12.3. The van der Waals surface area contributed by atoms with Crippen LogP contribution in [0.1, 0.15) is 29.8 Å². The Morgan fingerprint density at radius 1 is 1.08 bits per heavy atom. The highest BCUT2D eigenvalue weighted by atomic mass is 35.5. The zero-order valence-corrected chi connectivity index (χ0v) is 14.3. The number of carbonyl (C=O) groups is 2. The normalized spacial score (nSPS) is 10.3. The number of carbonyl (C=O) groups excluding carboxylic acids is 2. The molecule has 0 aromatic heterocycles. The summed E-state index contributed by atoms with van der Waals surface area (Å²) in [7, 11) is 0. The summed E-state index contributed by atoms with van der Waals surface area (Å²) in [5.74, 6) is -0.509. The summed E-state index contributed by atoms with van der Waals surface area (Å²) in [6.07, 6.45) is 0. The Kier molecular flexibility index (Phi) is 6.21. The van der Waals surface area contributed by atoms with Crippen molar-refractivity contribution in [2.24, 2.45) is 0 Å². The molecule has 2 aromatic carbocycles. The number of urea groups is 1. The molecule has 0 saturated heterocycles. The molecule has 6 heteroatoms. The standard InChI is InChI=1S/C18H19ClN2O3/c1-12(2)20-18(23)21-16-6-4-3-5-15(16)17(22)24-11-13-7-9-14(19)10-8-13/h3-10,12H,11H2,1-2H3,(H2,20,21,23). The Labute approximate surface area is 146 Å². The van der Waals surface area contributed by atoms with E-state index in [0.29, 0.717) is 16.3 Å². The van der Waals surface area contributed by atoms with E-state index in [1.54, 1.807) is 48.5 Å². The average Bonchev–Trinajstić information content (AvgIpc) is 2.53. The van der Waals surface area contributed by atoms with Crippen molar-refractivity contribution in [2.45, 2.75) is 26.5 Å². The van der Waals surface area contributed by atoms with E-state index in [2.05, 4.69) is 10.6 Å². The van der Waals surface area contributed by atoms with Gasteiger partial charge in [0.2, 0.25) is 0 Å². The quantitative estimate of drug-likeness (QED) is 0.796. The van der Waals surface area contributed by atoms with Gasteiger partial charge in [0.15, 0.2) is 0 Å². The average molecular weight is 347 g/mol. The number of halogens is 1. The summed E-state index contributed by atoms with van der Waals surface area (Å²) in [5, 5.41) is 5.99. The molecule has 5 nitrogen and oxygen atoms in total. The molecule has 2 rings (SSSR count). The Morgan fingerprint density at radius 3 is 2.42 bits per heavy atom. The van der Waals surface area contributed by atoms with Gasteiger partial charge in [0, 0.05) is 11.1 Å². The first-order valence-electron chi connectivity index (χ1n) is 7.54. The summed E-state index contributed by atoms with van der Waals surface area (Å²) < 4.78 is 5.30. The topological polar surface area (TPSA) is 67.4 Å². The molecule has 0 unspecified atom stereocenters. The molecule has 2 aromatic rings. The lowest BCUT2D eigenvalue weighted by molar-refractivity contribution is 0.0474. The van der Waals surface area contributed by atoms with Gasteiger partial charge < -0.3 is 15.4 Å². The zero-order valence-electron chi connectivity index (χ0n) is 13.5. The fraction of sp³-hybridized carbons (Fsp3) is 0.222. The van der Waals surface area contributed by atoms with Gasteiger partial charge in [0.25, 0.3) is 0 Å². The van der Waals surface area contributed by atoms with Gasteiger partial charge in [-0.05, 0) is 43.7 Å². The second-order valence-corrected chi connectivity index (χ2v) is 5.94. The monoisotopic (exact) mass is 346 g/mol. The van der Waals surface area contributed by atoms with Gasteiger partial charge in [-0.2, -0.15) is 0 Å². The minimum Gasteiger partial charge on any atom is -0.457 e. The molecule has 0 bridgehead atoms. The third-order valence-electron chi connectivity index (χ3n) is 3.10. The Bertz CT molecular complexity index is 714. The van der Waals surface area contributed by atoms with Crippen LogP contribution in [0.25, 0.3) is 0 Å². The van der Waals surface area contributed by atoms with Crippen LogP contribution in [0.2, 0.25) is 5.02 Å². The summed E-state index contributed by atoms with van der Waals surface area (Å²) in [6.45, 7) is 3.83. The summed E-state index contributed by atoms with van der Waals surface area (Å²) in [4.78, 5) is 24.1. The van der Waals surface area contributed by atoms with E-state index < -0.39 is 5.97 Å². The van der Waals surface area contributed by atoms with Crippen LogP contribution in [0.5, 0.6) is 0 Å². The van der Waals surface area contributed by atoms with Gasteiger partial charge in [-0.25, -0.2) is 9.59 Å². The molecule has 2 amide bonds. The fourth-order valence-corrected chi connectivity index (χ4v) is 2.12. The number of esters is 1. The molecule has 0 radical (unpaired) electrons. The van der Waals surface area contributed by atoms with Gasteiger partial charge in [-0.15, -0.1) is 0 Å². The predicted octanol–water partition coefficient (Wildman–Crippen LogP) is 4.23. The van der Waals surface area contributed by atoms with E-state index in [9.17, 15) is 9.59 Å². The van der Waals surface area contributed by atoms with E-state index in [4.69, 9.17) is 16.3 Å². The van der Waals surface area contributed by atoms with Gasteiger partial charge in [-0.1, -0.05) is 35.9 Å². The number of anilines is 1. The summed E-state index contributed by atoms with van der Waals surface area (Å²) in [5.41, 5.74) is 1.53. The van der Waals surface area contributed by atoms with Crippen LogP contribution >= 0.6 is 11.6 Å². The molecule has 0 spiro atoms. The number of ether oxygens (including phenoxy) is 1. The second kappa shape index (κ2) is 8.36. The van der Waals surface area contributed by atoms with Crippen molar-refractivity contribution in [2.75, 3.05) is 5.32 Å². The van der Waals surface area contributed by atoms with Crippen molar-refractivity contribution in [1.82, 2.24) is 5.32 Å². The van der Waals surface area contributed by atoms with Crippen LogP contribution in [0, 0.1) is 0 Å². The number of hydrogen-bond acceptors (Lipinski definition) is 3. The highest BCUT2D eigenvalue weighted by Crippen LogP contribution is 2.17. The molecular weight excluding hydrogens is 328 g/mol. The molecule has 0 aliphatic rings. The van der Waals surface area contributed by atoms with Crippen molar-refractivity contribution in [3.63, 3.8) is 0 Å². The lowest BCUT2D eigenvalue weighted by Crippen LogP contribution is -2.34. The third-order valence-corrected chi connectivity index (χ3v) is 3.35. The minimum atomic E-state index is -0.509. The molecule has 2 N–H and O–H groups in total. The smallest absolute Gasteiger partial charge is 0.340 e. The van der Waals surface area contributed by atoms with E-state index in [1.807, 2.05) is 13.8 Å². The van der Waals surface area contributed by atoms with Gasteiger partial charge in [0.05, 0.1) is 11.3 Å². The van der Waals surface area contributed by atoms with Crippen LogP contribution < -0.4 is 10.6 Å². The number of para-hydroxylation sites is 1. The second-order valence-electron chi connectivity index (χ2n) is 5.50. The maximum Gasteiger partial charge on any atom is 0.340 e. The van der Waals surface area contributed by atoms with Crippen LogP contribution in [-0.4, -0.2) is 18.0 Å². The van der Waals surface area contributed by atoms with Gasteiger partial charge in [-0.3, -0.25) is 0 Å². The third kappa shape index (κ3) is 5.28. The number of hydrogen-bond donors (Lipinski definition) is 2. The lowest BCUT2D eigenvalue weighted by atomic mass is 10.2. The van der Waals surface area contributed by atoms with Gasteiger partial charge >= 0.3 is 12.0 Å². The van der Waals surface area contributed by atoms with Crippen molar-refractivity contribution in [3.05, 3.63) is 64.7 Å². The first-order valence-corrected chi connectivity index (χ1v) is 7.91. The molecule has 0 heterocycles. The van der Waals surface area contributed by atoms with Gasteiger partial charge in [0.1, 0.15) is 6.61 Å². The van der Waals surface area contributed by atoms with Crippen molar-refractivity contribution in [3.8, 4) is 0 Å². The zero-order chi connectivity index (χ0) is 17.5. The van der Waals surface area contributed by atoms with Crippen molar-refractivity contribution in [1.29, 1.82) is 0 Å². The Morgan fingerprint density at radius 2 is 1.75 bits per heavy atom. The minimum absolute atomic E-state index is 0.00554. The first-order chi connectivity index (χ1) is 11.5. The SMILES string of the molecule is CC(C)NC(=O)Nc1ccccc1C(=O)OCc1ccc(Cl)cc1. The number of amides is 2.